The van der Waals surface area contributed by atoms with Gasteiger partial charge in [-0.05, 0) is 19.3 Å². The first-order valence-electron chi connectivity index (χ1n) is 3.59. The van der Waals surface area contributed by atoms with Gasteiger partial charge >= 0.3 is 0 Å². The summed E-state index contributed by atoms with van der Waals surface area (Å²) in [4.78, 5) is 21.7. The minimum absolute atomic E-state index is 0.416. The molecule has 1 saturated carbocycles. The lowest BCUT2D eigenvalue weighted by Crippen LogP contribution is -2.51. The molecule has 1 aliphatic carbocycles. The van der Waals surface area contributed by atoms with Gasteiger partial charge in [0.05, 0.1) is 0 Å². The van der Waals surface area contributed by atoms with Gasteiger partial charge in [0.2, 0.25) is 0 Å². The highest BCUT2D eigenvalue weighted by molar-refractivity contribution is 6.39. The molecule has 0 radical (unpaired) electrons. The lowest BCUT2D eigenvalue weighted by molar-refractivity contribution is -0.155. The second-order valence-corrected chi connectivity index (χ2v) is 2.79. The highest BCUT2D eigenvalue weighted by Crippen LogP contribution is 2.32. The standard InChI is InChI=1S/C7H11NO3/c1-8-6(10)5(9)7(11)3-2-4-7/h11H,2-4H2,1H3,(H,8,10). The zero-order valence-corrected chi connectivity index (χ0v) is 6.39. The normalized spacial score (nSPS) is 20.2. The maximum absolute atomic E-state index is 11.0. The predicted molar refractivity (Wildman–Crippen MR) is 37.9 cm³/mol. The summed E-state index contributed by atoms with van der Waals surface area (Å²) < 4.78 is 0. The van der Waals surface area contributed by atoms with Crippen molar-refractivity contribution in [2.45, 2.75) is 24.9 Å². The molecule has 2 N–H and O–H groups in total. The van der Waals surface area contributed by atoms with Crippen LogP contribution >= 0.6 is 0 Å². The lowest BCUT2D eigenvalue weighted by atomic mass is 9.77. The molecule has 0 aromatic rings. The molecular weight excluding hydrogens is 146 g/mol. The van der Waals surface area contributed by atoms with Gasteiger partial charge in [0, 0.05) is 7.05 Å². The van der Waals surface area contributed by atoms with Gasteiger partial charge in [-0.3, -0.25) is 9.59 Å². The number of ketones is 1. The second-order valence-electron chi connectivity index (χ2n) is 2.79. The summed E-state index contributed by atoms with van der Waals surface area (Å²) in [5.41, 5.74) is -1.35. The molecule has 62 valence electrons. The topological polar surface area (TPSA) is 66.4 Å². The van der Waals surface area contributed by atoms with Gasteiger partial charge < -0.3 is 10.4 Å². The maximum Gasteiger partial charge on any atom is 0.290 e. The fourth-order valence-corrected chi connectivity index (χ4v) is 1.06. The van der Waals surface area contributed by atoms with Crippen LogP contribution in [0.5, 0.6) is 0 Å². The summed E-state index contributed by atoms with van der Waals surface area (Å²) in [5.74, 6) is -1.40. The third kappa shape index (κ3) is 1.26. The van der Waals surface area contributed by atoms with E-state index in [1.807, 2.05) is 0 Å². The highest BCUT2D eigenvalue weighted by atomic mass is 16.3. The zero-order valence-electron chi connectivity index (χ0n) is 6.39. The minimum atomic E-state index is -1.35. The number of carbonyl (C=O) groups is 2. The summed E-state index contributed by atoms with van der Waals surface area (Å²) in [6.07, 6.45) is 1.65. The van der Waals surface area contributed by atoms with Crippen molar-refractivity contribution >= 4 is 11.7 Å². The first-order valence-corrected chi connectivity index (χ1v) is 3.59. The number of nitrogens with one attached hydrogen (secondary N) is 1. The van der Waals surface area contributed by atoms with Crippen LogP contribution in [0.2, 0.25) is 0 Å². The molecule has 0 aromatic heterocycles. The lowest BCUT2D eigenvalue weighted by Gasteiger charge is -2.33. The summed E-state index contributed by atoms with van der Waals surface area (Å²) in [7, 11) is 1.38. The van der Waals surface area contributed by atoms with Crippen LogP contribution in [0, 0.1) is 0 Å². The molecule has 0 heterocycles. The van der Waals surface area contributed by atoms with Gasteiger partial charge in [-0.2, -0.15) is 0 Å². The molecule has 11 heavy (non-hydrogen) atoms. The van der Waals surface area contributed by atoms with E-state index in [1.165, 1.54) is 7.05 Å². The molecule has 1 rings (SSSR count). The van der Waals surface area contributed by atoms with Crippen LogP contribution in [0.25, 0.3) is 0 Å². The Labute approximate surface area is 64.6 Å². The number of amides is 1. The van der Waals surface area contributed by atoms with E-state index in [4.69, 9.17) is 0 Å². The van der Waals surface area contributed by atoms with Crippen LogP contribution in [-0.2, 0) is 9.59 Å². The van der Waals surface area contributed by atoms with Crippen molar-refractivity contribution in [1.29, 1.82) is 0 Å². The average molecular weight is 157 g/mol. The van der Waals surface area contributed by atoms with Gasteiger partial charge in [0.1, 0.15) is 5.60 Å². The second kappa shape index (κ2) is 2.62. The third-order valence-corrected chi connectivity index (χ3v) is 2.04. The van der Waals surface area contributed by atoms with Gasteiger partial charge in [0.15, 0.2) is 0 Å². The third-order valence-electron chi connectivity index (χ3n) is 2.04. The molecule has 1 amide bonds. The SMILES string of the molecule is CNC(=O)C(=O)C1(O)CCC1. The van der Waals surface area contributed by atoms with Crippen molar-refractivity contribution in [2.24, 2.45) is 0 Å². The molecule has 0 unspecified atom stereocenters. The van der Waals surface area contributed by atoms with Gasteiger partial charge in [0.25, 0.3) is 11.7 Å². The van der Waals surface area contributed by atoms with Crippen molar-refractivity contribution in [3.8, 4) is 0 Å². The molecule has 0 aromatic carbocycles. The molecule has 1 aliphatic rings. The van der Waals surface area contributed by atoms with E-state index in [1.54, 1.807) is 0 Å². The van der Waals surface area contributed by atoms with Gasteiger partial charge in [-0.15, -0.1) is 0 Å². The molecule has 1 fully saturated rings. The highest BCUT2D eigenvalue weighted by Gasteiger charge is 2.44. The van der Waals surface area contributed by atoms with E-state index in [0.29, 0.717) is 12.8 Å². The summed E-state index contributed by atoms with van der Waals surface area (Å²) >= 11 is 0. The van der Waals surface area contributed by atoms with Crippen LogP contribution in [-0.4, -0.2) is 29.4 Å². The van der Waals surface area contributed by atoms with Crippen molar-refractivity contribution in [3.63, 3.8) is 0 Å². The van der Waals surface area contributed by atoms with Crippen molar-refractivity contribution < 1.29 is 14.7 Å². The average Bonchev–Trinajstić information content (AvgIpc) is 1.97. The summed E-state index contributed by atoms with van der Waals surface area (Å²) in [5, 5.41) is 11.6. The van der Waals surface area contributed by atoms with E-state index in [-0.39, 0.29) is 0 Å². The minimum Gasteiger partial charge on any atom is -0.381 e. The zero-order chi connectivity index (χ0) is 8.48. The number of hydrogen-bond acceptors (Lipinski definition) is 3. The van der Waals surface area contributed by atoms with E-state index in [0.717, 1.165) is 6.42 Å². The Morgan fingerprint density at radius 1 is 1.45 bits per heavy atom. The molecular formula is C7H11NO3. The molecule has 0 bridgehead atoms. The van der Waals surface area contributed by atoms with Gasteiger partial charge in [-0.25, -0.2) is 0 Å². The number of carbonyl (C=O) groups excluding carboxylic acids is 2. The van der Waals surface area contributed by atoms with E-state index in [2.05, 4.69) is 5.32 Å². The van der Waals surface area contributed by atoms with Crippen LogP contribution in [0.15, 0.2) is 0 Å². The number of Topliss-reactive ketones (excluding diaryl/α,β-unsaturated/α-hetero) is 1. The largest absolute Gasteiger partial charge is 0.381 e. The quantitative estimate of drug-likeness (QED) is 0.516. The van der Waals surface area contributed by atoms with Gasteiger partial charge in [-0.1, -0.05) is 0 Å². The number of aliphatic hydroxyl groups is 1. The van der Waals surface area contributed by atoms with Crippen molar-refractivity contribution in [2.75, 3.05) is 7.05 Å². The van der Waals surface area contributed by atoms with Crippen molar-refractivity contribution in [1.82, 2.24) is 5.32 Å². The van der Waals surface area contributed by atoms with E-state index < -0.39 is 17.3 Å². The molecule has 0 atom stereocenters. The van der Waals surface area contributed by atoms with Crippen LogP contribution in [0.4, 0.5) is 0 Å². The number of hydrogen-bond donors (Lipinski definition) is 2. The Balaban J connectivity index is 2.60. The van der Waals surface area contributed by atoms with Crippen LogP contribution in [0.3, 0.4) is 0 Å². The Hall–Kier alpha value is -0.900. The van der Waals surface area contributed by atoms with Crippen LogP contribution < -0.4 is 5.32 Å². The fraction of sp³-hybridized carbons (Fsp3) is 0.714. The monoisotopic (exact) mass is 157 g/mol. The summed E-state index contributed by atoms with van der Waals surface area (Å²) in [6.45, 7) is 0. The maximum atomic E-state index is 11.0. The molecule has 0 aliphatic heterocycles. The fourth-order valence-electron chi connectivity index (χ4n) is 1.06. The molecule has 0 spiro atoms. The first kappa shape index (κ1) is 8.20. The Morgan fingerprint density at radius 2 is 2.00 bits per heavy atom. The van der Waals surface area contributed by atoms with E-state index in [9.17, 15) is 14.7 Å². The van der Waals surface area contributed by atoms with E-state index >= 15 is 0 Å². The van der Waals surface area contributed by atoms with Crippen molar-refractivity contribution in [3.05, 3.63) is 0 Å². The smallest absolute Gasteiger partial charge is 0.290 e. The predicted octanol–water partition coefficient (Wildman–Crippen LogP) is -0.784. The molecule has 0 saturated heterocycles. The molecule has 4 nitrogen and oxygen atoms in total. The number of rotatable bonds is 2. The first-order chi connectivity index (χ1) is 5.10. The summed E-state index contributed by atoms with van der Waals surface area (Å²) in [6, 6.07) is 0. The Kier molecular flexibility index (Phi) is 1.95. The number of likely N-dealkylation sites (N-methyl/N-ethyl adjacent to an activating group) is 1. The molecule has 4 heteroatoms. The Morgan fingerprint density at radius 3 is 2.27 bits per heavy atom. The Bertz CT molecular complexity index is 196. The van der Waals surface area contributed by atoms with Crippen LogP contribution in [0.1, 0.15) is 19.3 Å².